The highest BCUT2D eigenvalue weighted by molar-refractivity contribution is 7.77. The van der Waals surface area contributed by atoms with Gasteiger partial charge >= 0.3 is 0 Å². The van der Waals surface area contributed by atoms with Gasteiger partial charge in [0.15, 0.2) is 5.78 Å². The summed E-state index contributed by atoms with van der Waals surface area (Å²) >= 11 is 2.89. The third kappa shape index (κ3) is 6.44. The van der Waals surface area contributed by atoms with Crippen LogP contribution in [0.15, 0.2) is 0 Å². The lowest BCUT2D eigenvalue weighted by Crippen LogP contribution is -2.38. The molecule has 0 spiro atoms. The SMILES string of the molecule is NCCCCC(NS(=O)[O-])C(=O)CCl. The molecule has 7 heteroatoms. The Kier molecular flexibility index (Phi) is 8.30. The summed E-state index contributed by atoms with van der Waals surface area (Å²) in [5.74, 6) is -0.495. The van der Waals surface area contributed by atoms with Crippen molar-refractivity contribution in [3.63, 3.8) is 0 Å². The summed E-state index contributed by atoms with van der Waals surface area (Å²) in [5, 5.41) is 0. The van der Waals surface area contributed by atoms with Crippen LogP contribution in [0.4, 0.5) is 0 Å². The van der Waals surface area contributed by atoms with Crippen LogP contribution in [-0.2, 0) is 16.1 Å². The van der Waals surface area contributed by atoms with Gasteiger partial charge in [-0.25, -0.2) is 4.72 Å². The smallest absolute Gasteiger partial charge is 0.165 e. The molecule has 0 aliphatic carbocycles. The van der Waals surface area contributed by atoms with E-state index in [1.54, 1.807) is 0 Å². The lowest BCUT2D eigenvalue weighted by atomic mass is 10.1. The molecule has 0 rings (SSSR count). The molecule has 0 saturated heterocycles. The van der Waals surface area contributed by atoms with Crippen molar-refractivity contribution < 1.29 is 13.6 Å². The largest absolute Gasteiger partial charge is 0.760 e. The highest BCUT2D eigenvalue weighted by Gasteiger charge is 2.16. The fourth-order valence-corrected chi connectivity index (χ4v) is 1.66. The Labute approximate surface area is 90.8 Å². The van der Waals surface area contributed by atoms with Crippen molar-refractivity contribution in [2.45, 2.75) is 25.3 Å². The van der Waals surface area contributed by atoms with E-state index in [4.69, 9.17) is 17.3 Å². The molecule has 0 heterocycles. The number of hydrogen-bond acceptors (Lipinski definition) is 4. The molecule has 14 heavy (non-hydrogen) atoms. The summed E-state index contributed by atoms with van der Waals surface area (Å²) in [6.07, 6.45) is 1.91. The third-order valence-electron chi connectivity index (χ3n) is 1.71. The molecule has 0 fully saturated rings. The summed E-state index contributed by atoms with van der Waals surface area (Å²) in [4.78, 5) is 11.1. The molecule has 0 aliphatic heterocycles. The maximum atomic E-state index is 11.1. The van der Waals surface area contributed by atoms with Crippen LogP contribution in [-0.4, -0.2) is 33.0 Å². The van der Waals surface area contributed by atoms with Crippen LogP contribution >= 0.6 is 11.6 Å². The monoisotopic (exact) mass is 241 g/mol. The first-order valence-corrected chi connectivity index (χ1v) is 5.87. The van der Waals surface area contributed by atoms with Gasteiger partial charge in [0, 0.05) is 11.3 Å². The Morgan fingerprint density at radius 3 is 2.64 bits per heavy atom. The lowest BCUT2D eigenvalue weighted by molar-refractivity contribution is -0.118. The standard InChI is InChI=1S/C7H15ClN2O3S/c8-5-7(11)6(10-14(12)13)3-1-2-4-9/h6,10H,1-5,9H2,(H,12,13)/p-1. The molecular formula is C7H14ClN2O3S-. The van der Waals surface area contributed by atoms with Gasteiger partial charge in [0.25, 0.3) is 0 Å². The van der Waals surface area contributed by atoms with Gasteiger partial charge < -0.3 is 10.3 Å². The average molecular weight is 242 g/mol. The fourth-order valence-electron chi connectivity index (χ4n) is 0.988. The number of hydrogen-bond donors (Lipinski definition) is 2. The van der Waals surface area contributed by atoms with Gasteiger partial charge in [-0.1, -0.05) is 6.42 Å². The molecule has 5 nitrogen and oxygen atoms in total. The number of rotatable bonds is 8. The number of unbranched alkanes of at least 4 members (excludes halogenated alkanes) is 1. The molecule has 84 valence electrons. The number of carbonyl (C=O) groups is 1. The molecule has 0 radical (unpaired) electrons. The molecule has 0 amide bonds. The number of alkyl halides is 1. The molecule has 0 aliphatic rings. The van der Waals surface area contributed by atoms with Gasteiger partial charge in [-0.2, -0.15) is 0 Å². The van der Waals surface area contributed by atoms with E-state index >= 15 is 0 Å². The van der Waals surface area contributed by atoms with E-state index < -0.39 is 17.3 Å². The van der Waals surface area contributed by atoms with Gasteiger partial charge in [-0.15, -0.1) is 11.6 Å². The Balaban J connectivity index is 3.97. The third-order valence-corrected chi connectivity index (χ3v) is 2.45. The highest BCUT2D eigenvalue weighted by atomic mass is 35.5. The van der Waals surface area contributed by atoms with Crippen LogP contribution in [0.5, 0.6) is 0 Å². The molecule has 0 saturated carbocycles. The fraction of sp³-hybridized carbons (Fsp3) is 0.857. The van der Waals surface area contributed by atoms with E-state index in [9.17, 15) is 13.6 Å². The van der Waals surface area contributed by atoms with E-state index in [1.165, 1.54) is 0 Å². The number of nitrogens with two attached hydrogens (primary N) is 1. The number of Topliss-reactive ketones (excluding diaryl/α,β-unsaturated/α-hetero) is 1. The van der Waals surface area contributed by atoms with Crippen LogP contribution < -0.4 is 10.5 Å². The summed E-state index contributed by atoms with van der Waals surface area (Å²) in [5.41, 5.74) is 5.27. The minimum Gasteiger partial charge on any atom is -0.760 e. The van der Waals surface area contributed by atoms with Crippen molar-refractivity contribution in [3.05, 3.63) is 0 Å². The molecule has 2 atom stereocenters. The Morgan fingerprint density at radius 1 is 1.57 bits per heavy atom. The van der Waals surface area contributed by atoms with Gasteiger partial charge in [0.1, 0.15) is 0 Å². The summed E-state index contributed by atoms with van der Waals surface area (Å²) in [6, 6.07) is -0.711. The molecule has 0 aromatic carbocycles. The zero-order valence-corrected chi connectivity index (χ0v) is 9.27. The predicted molar refractivity (Wildman–Crippen MR) is 54.5 cm³/mol. The second-order valence-corrected chi connectivity index (χ2v) is 3.76. The van der Waals surface area contributed by atoms with Gasteiger partial charge in [0.2, 0.25) is 0 Å². The molecule has 0 aromatic rings. The molecular weight excluding hydrogens is 228 g/mol. The number of carbonyl (C=O) groups excluding carboxylic acids is 1. The Morgan fingerprint density at radius 2 is 2.21 bits per heavy atom. The van der Waals surface area contributed by atoms with Gasteiger partial charge in [-0.3, -0.25) is 9.00 Å². The Hall–Kier alpha value is -0.0100. The number of halogens is 1. The second-order valence-electron chi connectivity index (χ2n) is 2.79. The minimum atomic E-state index is -2.43. The zero-order valence-electron chi connectivity index (χ0n) is 7.70. The van der Waals surface area contributed by atoms with Gasteiger partial charge in [0.05, 0.1) is 11.9 Å². The van der Waals surface area contributed by atoms with Crippen LogP contribution in [0, 0.1) is 0 Å². The van der Waals surface area contributed by atoms with Crippen molar-refractivity contribution in [1.82, 2.24) is 4.72 Å². The number of ketones is 1. The summed E-state index contributed by atoms with van der Waals surface area (Å²) in [6.45, 7) is 0.530. The molecule has 0 aromatic heterocycles. The van der Waals surface area contributed by atoms with Crippen molar-refractivity contribution >= 4 is 28.7 Å². The van der Waals surface area contributed by atoms with Crippen molar-refractivity contribution in [1.29, 1.82) is 0 Å². The van der Waals surface area contributed by atoms with E-state index in [1.807, 2.05) is 0 Å². The van der Waals surface area contributed by atoms with E-state index in [0.717, 1.165) is 6.42 Å². The quantitative estimate of drug-likeness (QED) is 0.346. The molecule has 2 unspecified atom stereocenters. The van der Waals surface area contributed by atoms with E-state index in [2.05, 4.69) is 4.72 Å². The topological polar surface area (TPSA) is 95.2 Å². The first-order chi connectivity index (χ1) is 6.61. The predicted octanol–water partition coefficient (Wildman–Crippen LogP) is -0.324. The molecule has 3 N–H and O–H groups in total. The Bertz CT molecular complexity index is 203. The van der Waals surface area contributed by atoms with Crippen LogP contribution in [0.1, 0.15) is 19.3 Å². The summed E-state index contributed by atoms with van der Waals surface area (Å²) in [7, 11) is 0. The first-order valence-electron chi connectivity index (χ1n) is 4.26. The second kappa shape index (κ2) is 8.31. The van der Waals surface area contributed by atoms with Gasteiger partial charge in [-0.05, 0) is 19.4 Å². The van der Waals surface area contributed by atoms with Crippen molar-refractivity contribution in [2.24, 2.45) is 5.73 Å². The van der Waals surface area contributed by atoms with Crippen LogP contribution in [0.3, 0.4) is 0 Å². The highest BCUT2D eigenvalue weighted by Crippen LogP contribution is 2.03. The average Bonchev–Trinajstić information content (AvgIpc) is 2.15. The van der Waals surface area contributed by atoms with Crippen LogP contribution in [0.2, 0.25) is 0 Å². The first kappa shape index (κ1) is 14.0. The number of nitrogens with one attached hydrogen (secondary N) is 1. The maximum Gasteiger partial charge on any atom is 0.165 e. The van der Waals surface area contributed by atoms with Crippen molar-refractivity contribution in [2.75, 3.05) is 12.4 Å². The summed E-state index contributed by atoms with van der Waals surface area (Å²) < 4.78 is 22.8. The van der Waals surface area contributed by atoms with E-state index in [-0.39, 0.29) is 11.7 Å². The zero-order chi connectivity index (χ0) is 11.0. The maximum absolute atomic E-state index is 11.1. The normalized spacial score (nSPS) is 15.1. The van der Waals surface area contributed by atoms with E-state index in [0.29, 0.717) is 19.4 Å². The lowest BCUT2D eigenvalue weighted by Gasteiger charge is -2.17. The van der Waals surface area contributed by atoms with Crippen molar-refractivity contribution in [3.8, 4) is 0 Å². The minimum absolute atomic E-state index is 0.183. The molecule has 0 bridgehead atoms. The van der Waals surface area contributed by atoms with Crippen LogP contribution in [0.25, 0.3) is 0 Å².